The smallest absolute Gasteiger partial charge is 0.261 e. The quantitative estimate of drug-likeness (QED) is 0.581. The van der Waals surface area contributed by atoms with Gasteiger partial charge < -0.3 is 4.57 Å². The minimum atomic E-state index is -0.0448. The summed E-state index contributed by atoms with van der Waals surface area (Å²) in [6, 6.07) is 6.00. The molecule has 0 bridgehead atoms. The first-order valence-corrected chi connectivity index (χ1v) is 7.84. The molecule has 22 heavy (non-hydrogen) atoms. The van der Waals surface area contributed by atoms with Crippen LogP contribution in [0.2, 0.25) is 0 Å². The van der Waals surface area contributed by atoms with E-state index >= 15 is 0 Å². The van der Waals surface area contributed by atoms with E-state index in [1.165, 1.54) is 4.88 Å². The molecule has 4 aromatic heterocycles. The molecule has 0 radical (unpaired) electrons. The van der Waals surface area contributed by atoms with E-state index in [2.05, 4.69) is 21.1 Å². The van der Waals surface area contributed by atoms with Gasteiger partial charge in [-0.25, -0.2) is 4.98 Å². The summed E-state index contributed by atoms with van der Waals surface area (Å²) in [5, 5.41) is 6.90. The van der Waals surface area contributed by atoms with Gasteiger partial charge in [0.2, 0.25) is 0 Å². The predicted octanol–water partition coefficient (Wildman–Crippen LogP) is 2.05. The summed E-state index contributed by atoms with van der Waals surface area (Å²) in [6.45, 7) is 2.46. The molecule has 4 heterocycles. The molecule has 0 atom stereocenters. The number of rotatable bonds is 3. The van der Waals surface area contributed by atoms with Crippen molar-refractivity contribution in [3.8, 4) is 0 Å². The molecule has 0 aromatic carbocycles. The molecule has 0 saturated carbocycles. The lowest BCUT2D eigenvalue weighted by Gasteiger charge is -2.06. The van der Waals surface area contributed by atoms with Crippen molar-refractivity contribution >= 4 is 28.0 Å². The Labute approximate surface area is 129 Å². The lowest BCUT2D eigenvalue weighted by atomic mass is 10.3. The first-order valence-electron chi connectivity index (χ1n) is 6.96. The number of pyridine rings is 1. The third kappa shape index (κ3) is 2.10. The highest BCUT2D eigenvalue weighted by atomic mass is 32.1. The van der Waals surface area contributed by atoms with Crippen LogP contribution >= 0.6 is 11.3 Å². The van der Waals surface area contributed by atoms with Crippen LogP contribution in [0.5, 0.6) is 0 Å². The summed E-state index contributed by atoms with van der Waals surface area (Å²) in [7, 11) is 0. The van der Waals surface area contributed by atoms with Crippen molar-refractivity contribution < 1.29 is 0 Å². The third-order valence-electron chi connectivity index (χ3n) is 3.59. The van der Waals surface area contributed by atoms with E-state index in [-0.39, 0.29) is 5.56 Å². The largest absolute Gasteiger partial charge is 0.314 e. The number of nitrogens with zero attached hydrogens (tertiary/aromatic N) is 5. The molecule has 4 rings (SSSR count). The standard InChI is InChI=1S/C15H13N5OS/c1-10-17-15-16-9-12-13(20(15)18-10)5-7-19(14(12)21)6-4-11-3-2-8-22-11/h2-3,5,7-9H,4,6H2,1H3. The molecule has 0 amide bonds. The van der Waals surface area contributed by atoms with Crippen molar-refractivity contribution in [1.82, 2.24) is 24.1 Å². The Morgan fingerprint density at radius 1 is 1.32 bits per heavy atom. The molecule has 0 aliphatic carbocycles. The van der Waals surface area contributed by atoms with Crippen molar-refractivity contribution in [2.24, 2.45) is 0 Å². The molecule has 4 aromatic rings. The fourth-order valence-corrected chi connectivity index (χ4v) is 3.22. The number of fused-ring (bicyclic) bond motifs is 3. The van der Waals surface area contributed by atoms with Crippen LogP contribution in [0.15, 0.2) is 40.8 Å². The molecule has 7 heteroatoms. The lowest BCUT2D eigenvalue weighted by Crippen LogP contribution is -2.21. The van der Waals surface area contributed by atoms with Gasteiger partial charge in [-0.2, -0.15) is 9.50 Å². The molecule has 0 aliphatic rings. The molecular weight excluding hydrogens is 298 g/mol. The average Bonchev–Trinajstić information content (AvgIpc) is 3.14. The van der Waals surface area contributed by atoms with Crippen LogP contribution in [0, 0.1) is 6.92 Å². The SMILES string of the molecule is Cc1nc2ncc3c(=O)n(CCc4cccs4)ccc3n2n1. The Morgan fingerprint density at radius 3 is 3.05 bits per heavy atom. The van der Waals surface area contributed by atoms with Crippen molar-refractivity contribution in [3.63, 3.8) is 0 Å². The number of aromatic nitrogens is 5. The normalized spacial score (nSPS) is 11.5. The van der Waals surface area contributed by atoms with Gasteiger partial charge in [0.25, 0.3) is 11.3 Å². The molecule has 0 fully saturated rings. The summed E-state index contributed by atoms with van der Waals surface area (Å²) in [5.41, 5.74) is 0.694. The predicted molar refractivity (Wildman–Crippen MR) is 85.3 cm³/mol. The summed E-state index contributed by atoms with van der Waals surface area (Å²) in [6.07, 6.45) is 4.25. The highest BCUT2D eigenvalue weighted by molar-refractivity contribution is 7.09. The van der Waals surface area contributed by atoms with E-state index in [9.17, 15) is 4.79 Å². The maximum Gasteiger partial charge on any atom is 0.261 e. The van der Waals surface area contributed by atoms with Crippen molar-refractivity contribution in [1.29, 1.82) is 0 Å². The first kappa shape index (κ1) is 13.1. The fraction of sp³-hybridized carbons (Fsp3) is 0.200. The summed E-state index contributed by atoms with van der Waals surface area (Å²) >= 11 is 1.71. The second-order valence-electron chi connectivity index (χ2n) is 5.07. The number of thiophene rings is 1. The minimum absolute atomic E-state index is 0.0448. The van der Waals surface area contributed by atoms with Gasteiger partial charge in [-0.15, -0.1) is 16.4 Å². The molecule has 0 unspecified atom stereocenters. The lowest BCUT2D eigenvalue weighted by molar-refractivity contribution is 0.679. The summed E-state index contributed by atoms with van der Waals surface area (Å²) in [4.78, 5) is 22.3. The molecule has 110 valence electrons. The van der Waals surface area contributed by atoms with E-state index in [1.807, 2.05) is 30.6 Å². The van der Waals surface area contributed by atoms with Gasteiger partial charge in [0.05, 0.1) is 10.9 Å². The Bertz CT molecular complexity index is 1020. The average molecular weight is 311 g/mol. The Morgan fingerprint density at radius 2 is 2.23 bits per heavy atom. The van der Waals surface area contributed by atoms with Crippen LogP contribution in [0.3, 0.4) is 0 Å². The summed E-state index contributed by atoms with van der Waals surface area (Å²) < 4.78 is 3.34. The second-order valence-corrected chi connectivity index (χ2v) is 6.10. The van der Waals surface area contributed by atoms with Crippen molar-refractivity contribution in [3.05, 3.63) is 57.0 Å². The van der Waals surface area contributed by atoms with E-state index in [0.29, 0.717) is 23.5 Å². The molecular formula is C15H13N5OS. The first-order chi connectivity index (χ1) is 10.7. The van der Waals surface area contributed by atoms with E-state index in [1.54, 1.807) is 26.6 Å². The second kappa shape index (κ2) is 5.03. The number of hydrogen-bond acceptors (Lipinski definition) is 5. The Balaban J connectivity index is 1.80. The zero-order chi connectivity index (χ0) is 15.1. The van der Waals surface area contributed by atoms with Gasteiger partial charge in [-0.3, -0.25) is 4.79 Å². The zero-order valence-electron chi connectivity index (χ0n) is 11.9. The van der Waals surface area contributed by atoms with Crippen LogP contribution in [-0.4, -0.2) is 24.1 Å². The monoisotopic (exact) mass is 311 g/mol. The van der Waals surface area contributed by atoms with Gasteiger partial charge in [0.15, 0.2) is 0 Å². The molecule has 0 N–H and O–H groups in total. The van der Waals surface area contributed by atoms with Crippen LogP contribution in [0.4, 0.5) is 0 Å². The molecule has 0 spiro atoms. The van der Waals surface area contributed by atoms with Crippen LogP contribution < -0.4 is 5.56 Å². The van der Waals surface area contributed by atoms with E-state index < -0.39 is 0 Å². The Hall–Kier alpha value is -2.54. The van der Waals surface area contributed by atoms with Crippen molar-refractivity contribution in [2.45, 2.75) is 19.9 Å². The third-order valence-corrected chi connectivity index (χ3v) is 4.53. The van der Waals surface area contributed by atoms with Gasteiger partial charge in [-0.05, 0) is 30.9 Å². The van der Waals surface area contributed by atoms with E-state index in [4.69, 9.17) is 0 Å². The van der Waals surface area contributed by atoms with Gasteiger partial charge in [0.1, 0.15) is 5.82 Å². The highest BCUT2D eigenvalue weighted by Gasteiger charge is 2.09. The van der Waals surface area contributed by atoms with E-state index in [0.717, 1.165) is 11.9 Å². The topological polar surface area (TPSA) is 65.1 Å². The van der Waals surface area contributed by atoms with Crippen LogP contribution in [0.1, 0.15) is 10.7 Å². The molecule has 0 saturated heterocycles. The van der Waals surface area contributed by atoms with Gasteiger partial charge in [0, 0.05) is 23.8 Å². The number of aryl methyl sites for hydroxylation is 3. The fourth-order valence-electron chi connectivity index (χ4n) is 2.52. The van der Waals surface area contributed by atoms with Crippen molar-refractivity contribution in [2.75, 3.05) is 0 Å². The maximum absolute atomic E-state index is 12.6. The van der Waals surface area contributed by atoms with Crippen LogP contribution in [-0.2, 0) is 13.0 Å². The summed E-state index contributed by atoms with van der Waals surface area (Å²) in [5.74, 6) is 1.16. The highest BCUT2D eigenvalue weighted by Crippen LogP contribution is 2.12. The molecule has 0 aliphatic heterocycles. The van der Waals surface area contributed by atoms with Crippen LogP contribution in [0.25, 0.3) is 16.7 Å². The van der Waals surface area contributed by atoms with Gasteiger partial charge >= 0.3 is 0 Å². The zero-order valence-corrected chi connectivity index (χ0v) is 12.7. The maximum atomic E-state index is 12.6. The minimum Gasteiger partial charge on any atom is -0.314 e. The molecule has 6 nitrogen and oxygen atoms in total. The Kier molecular flexibility index (Phi) is 3.00. The number of hydrogen-bond donors (Lipinski definition) is 0. The van der Waals surface area contributed by atoms with Gasteiger partial charge in [-0.1, -0.05) is 6.07 Å².